The van der Waals surface area contributed by atoms with E-state index in [1.54, 1.807) is 25.1 Å². The first-order valence-corrected chi connectivity index (χ1v) is 15.8. The quantitative estimate of drug-likeness (QED) is 0.174. The predicted octanol–water partition coefficient (Wildman–Crippen LogP) is 8.34. The van der Waals surface area contributed by atoms with E-state index in [1.165, 1.54) is 35.2 Å². The van der Waals surface area contributed by atoms with Crippen molar-refractivity contribution in [1.82, 2.24) is 0 Å². The lowest BCUT2D eigenvalue weighted by Gasteiger charge is -2.42. The van der Waals surface area contributed by atoms with Gasteiger partial charge in [-0.15, -0.1) is 0 Å². The monoisotopic (exact) mass is 663 g/mol. The first-order valence-electron chi connectivity index (χ1n) is 15.8. The highest BCUT2D eigenvalue weighted by Gasteiger charge is 2.44. The van der Waals surface area contributed by atoms with Crippen molar-refractivity contribution in [3.05, 3.63) is 124 Å². The van der Waals surface area contributed by atoms with E-state index < -0.39 is 53.8 Å². The van der Waals surface area contributed by atoms with Crippen molar-refractivity contribution < 1.29 is 36.6 Å². The summed E-state index contributed by atoms with van der Waals surface area (Å²) in [6, 6.07) is 17.5. The van der Waals surface area contributed by atoms with Gasteiger partial charge in [0.2, 0.25) is 5.91 Å². The number of carbonyl (C=O) groups is 2. The minimum absolute atomic E-state index is 0.00900. The van der Waals surface area contributed by atoms with Gasteiger partial charge in [0.25, 0.3) is 5.91 Å². The molecule has 1 heterocycles. The Labute approximate surface area is 274 Å². The van der Waals surface area contributed by atoms with E-state index in [9.17, 15) is 32.3 Å². The second-order valence-corrected chi connectivity index (χ2v) is 12.4. The van der Waals surface area contributed by atoms with E-state index in [-0.39, 0.29) is 28.9 Å². The zero-order chi connectivity index (χ0) is 34.2. The first-order chi connectivity index (χ1) is 22.9. The number of alkyl halides is 3. The third-order valence-electron chi connectivity index (χ3n) is 9.23. The molecular formula is C37H34F5N3O3. The van der Waals surface area contributed by atoms with Crippen molar-refractivity contribution >= 4 is 28.9 Å². The second kappa shape index (κ2) is 13.4. The van der Waals surface area contributed by atoms with Gasteiger partial charge >= 0.3 is 6.18 Å². The van der Waals surface area contributed by atoms with E-state index in [4.69, 9.17) is 0 Å². The van der Waals surface area contributed by atoms with Gasteiger partial charge in [-0.2, -0.15) is 13.2 Å². The molecule has 48 heavy (non-hydrogen) atoms. The Hall–Kier alpha value is -4.77. The van der Waals surface area contributed by atoms with Crippen molar-refractivity contribution in [3.8, 4) is 0 Å². The maximum absolute atomic E-state index is 15.3. The minimum atomic E-state index is -4.79. The summed E-state index contributed by atoms with van der Waals surface area (Å²) in [4.78, 5) is 29.8. The van der Waals surface area contributed by atoms with Gasteiger partial charge in [-0.05, 0) is 90.9 Å². The van der Waals surface area contributed by atoms with Gasteiger partial charge in [0.05, 0.1) is 35.4 Å². The number of aryl methyl sites for hydroxylation is 1. The highest BCUT2D eigenvalue weighted by Crippen LogP contribution is 2.45. The number of aliphatic hydroxyl groups is 1. The molecule has 1 fully saturated rings. The molecule has 250 valence electrons. The van der Waals surface area contributed by atoms with Gasteiger partial charge < -0.3 is 15.7 Å². The molecule has 4 aromatic carbocycles. The van der Waals surface area contributed by atoms with Gasteiger partial charge in [-0.25, -0.2) is 8.78 Å². The molecule has 0 saturated heterocycles. The molecule has 0 radical (unpaired) electrons. The fourth-order valence-electron chi connectivity index (χ4n) is 6.86. The summed E-state index contributed by atoms with van der Waals surface area (Å²) in [7, 11) is 0. The standard InChI is InChI=1S/C37H34F5N3O3/c1-21-5-4-8-31(39)33(21)36(48)45-32-18-25(38)13-9-23(32)17-29(34(45)22-10-14-27(15-11-22)43-26-6-2-3-7-26)35(47)44-28-16-12-24(20-46)30(19-28)37(40,41)42/h4-5,8-16,18-19,26,29,34,43,46H,2-3,6-7,17,20H2,1H3,(H,44,47)/t29-,34-/m0/s1. The molecule has 6 rings (SSSR count). The number of nitrogens with zero attached hydrogens (tertiary/aromatic N) is 1. The van der Waals surface area contributed by atoms with Crippen LogP contribution in [0.1, 0.15) is 69.9 Å². The van der Waals surface area contributed by atoms with Crippen LogP contribution < -0.4 is 15.5 Å². The molecule has 1 aliphatic carbocycles. The molecule has 0 unspecified atom stereocenters. The van der Waals surface area contributed by atoms with E-state index >= 15 is 4.39 Å². The summed E-state index contributed by atoms with van der Waals surface area (Å²) in [5.41, 5.74) is 0.411. The van der Waals surface area contributed by atoms with Gasteiger partial charge in [0, 0.05) is 17.4 Å². The summed E-state index contributed by atoms with van der Waals surface area (Å²) in [6.45, 7) is 0.725. The number of carbonyl (C=O) groups excluding carboxylic acids is 2. The number of fused-ring (bicyclic) bond motifs is 1. The highest BCUT2D eigenvalue weighted by atomic mass is 19.4. The van der Waals surface area contributed by atoms with Crippen molar-refractivity contribution in [3.63, 3.8) is 0 Å². The molecule has 2 aliphatic rings. The molecule has 2 amide bonds. The smallest absolute Gasteiger partial charge is 0.392 e. The molecule has 0 aromatic heterocycles. The zero-order valence-electron chi connectivity index (χ0n) is 26.1. The van der Waals surface area contributed by atoms with Gasteiger partial charge in [0.1, 0.15) is 11.6 Å². The van der Waals surface area contributed by atoms with Crippen LogP contribution in [0.4, 0.5) is 39.0 Å². The van der Waals surface area contributed by atoms with Crippen LogP contribution in [-0.2, 0) is 24.0 Å². The van der Waals surface area contributed by atoms with Crippen molar-refractivity contribution in [1.29, 1.82) is 0 Å². The van der Waals surface area contributed by atoms with Gasteiger partial charge in [-0.1, -0.05) is 49.2 Å². The average molecular weight is 664 g/mol. The Bertz CT molecular complexity index is 1820. The van der Waals surface area contributed by atoms with Crippen LogP contribution in [0.15, 0.2) is 78.9 Å². The predicted molar refractivity (Wildman–Crippen MR) is 173 cm³/mol. The van der Waals surface area contributed by atoms with Crippen molar-refractivity contribution in [2.45, 2.75) is 63.9 Å². The van der Waals surface area contributed by atoms with Crippen LogP contribution >= 0.6 is 0 Å². The first kappa shape index (κ1) is 33.1. The second-order valence-electron chi connectivity index (χ2n) is 12.4. The molecule has 0 spiro atoms. The van der Waals surface area contributed by atoms with Gasteiger partial charge in [-0.3, -0.25) is 14.5 Å². The summed E-state index contributed by atoms with van der Waals surface area (Å²) >= 11 is 0. The van der Waals surface area contributed by atoms with Gasteiger partial charge in [0.15, 0.2) is 0 Å². The van der Waals surface area contributed by atoms with Crippen LogP contribution in [0.2, 0.25) is 0 Å². The van der Waals surface area contributed by atoms with E-state index in [0.29, 0.717) is 22.7 Å². The number of amides is 2. The molecule has 2 atom stereocenters. The van der Waals surface area contributed by atoms with Crippen LogP contribution in [0.5, 0.6) is 0 Å². The summed E-state index contributed by atoms with van der Waals surface area (Å²) in [5, 5.41) is 15.5. The van der Waals surface area contributed by atoms with Crippen LogP contribution in [0, 0.1) is 24.5 Å². The molecule has 1 saturated carbocycles. The topological polar surface area (TPSA) is 81.7 Å². The number of aliphatic hydroxyl groups excluding tert-OH is 1. The Balaban J connectivity index is 1.46. The summed E-state index contributed by atoms with van der Waals surface area (Å²) in [5.74, 6) is -4.00. The SMILES string of the molecule is Cc1cccc(F)c1C(=O)N1c2cc(F)ccc2C[C@H](C(=O)Nc2ccc(CO)c(C(F)(F)F)c2)[C@@H]1c1ccc(NC2CCCC2)cc1. The summed E-state index contributed by atoms with van der Waals surface area (Å²) < 4.78 is 71.5. The van der Waals surface area contributed by atoms with E-state index in [1.807, 2.05) is 12.1 Å². The molecule has 4 aromatic rings. The lowest BCUT2D eigenvalue weighted by molar-refractivity contribution is -0.138. The van der Waals surface area contributed by atoms with Crippen molar-refractivity contribution in [2.24, 2.45) is 5.92 Å². The third-order valence-corrected chi connectivity index (χ3v) is 9.23. The molecule has 1 aliphatic heterocycles. The normalized spacial score (nSPS) is 18.0. The molecular weight excluding hydrogens is 629 g/mol. The zero-order valence-corrected chi connectivity index (χ0v) is 26.1. The molecule has 3 N–H and O–H groups in total. The maximum Gasteiger partial charge on any atom is 0.416 e. The number of benzene rings is 4. The van der Waals surface area contributed by atoms with Crippen LogP contribution in [-0.4, -0.2) is 23.0 Å². The Kier molecular flexibility index (Phi) is 9.24. The Morgan fingerprint density at radius 2 is 1.62 bits per heavy atom. The van der Waals surface area contributed by atoms with E-state index in [0.717, 1.165) is 49.6 Å². The molecule has 6 nitrogen and oxygen atoms in total. The maximum atomic E-state index is 15.3. The van der Waals surface area contributed by atoms with Crippen LogP contribution in [0.3, 0.4) is 0 Å². The summed E-state index contributed by atoms with van der Waals surface area (Å²) in [6.07, 6.45) is -0.447. The number of rotatable bonds is 7. The highest BCUT2D eigenvalue weighted by molar-refractivity contribution is 6.09. The minimum Gasteiger partial charge on any atom is -0.392 e. The van der Waals surface area contributed by atoms with E-state index in [2.05, 4.69) is 10.6 Å². The number of anilines is 3. The fraction of sp³-hybridized carbons (Fsp3) is 0.297. The van der Waals surface area contributed by atoms with Crippen LogP contribution in [0.25, 0.3) is 0 Å². The molecule has 0 bridgehead atoms. The Morgan fingerprint density at radius 3 is 2.29 bits per heavy atom. The third kappa shape index (κ3) is 6.64. The average Bonchev–Trinajstić information content (AvgIpc) is 3.57. The lowest BCUT2D eigenvalue weighted by Crippen LogP contribution is -2.47. The van der Waals surface area contributed by atoms with Crippen molar-refractivity contribution in [2.75, 3.05) is 15.5 Å². The fourth-order valence-corrected chi connectivity index (χ4v) is 6.86. The number of halogens is 5. The number of nitrogens with one attached hydrogen (secondary N) is 2. The number of hydrogen-bond donors (Lipinski definition) is 3. The largest absolute Gasteiger partial charge is 0.416 e. The lowest BCUT2D eigenvalue weighted by atomic mass is 9.80. The molecule has 11 heteroatoms. The Morgan fingerprint density at radius 1 is 0.917 bits per heavy atom. The number of hydrogen-bond acceptors (Lipinski definition) is 4.